The molecule has 0 saturated heterocycles. The molecule has 2 aromatic carbocycles. The van der Waals surface area contributed by atoms with E-state index in [4.69, 9.17) is 0 Å². The molecule has 0 radical (unpaired) electrons. The second-order valence-electron chi connectivity index (χ2n) is 9.00. The number of pyridine rings is 1. The predicted octanol–water partition coefficient (Wildman–Crippen LogP) is 4.80. The van der Waals surface area contributed by atoms with E-state index in [-0.39, 0.29) is 5.91 Å². The number of benzene rings is 2. The molecule has 1 aliphatic rings. The van der Waals surface area contributed by atoms with Crippen molar-refractivity contribution in [1.82, 2.24) is 15.2 Å². The zero-order valence-electron chi connectivity index (χ0n) is 19.9. The van der Waals surface area contributed by atoms with Gasteiger partial charge in [0.2, 0.25) is 0 Å². The summed E-state index contributed by atoms with van der Waals surface area (Å²) in [6.07, 6.45) is 2.91. The fourth-order valence-corrected chi connectivity index (χ4v) is 4.34. The highest BCUT2D eigenvalue weighted by Crippen LogP contribution is 2.23. The quantitative estimate of drug-likeness (QED) is 0.544. The molecule has 0 fully saturated rings. The highest BCUT2D eigenvalue weighted by molar-refractivity contribution is 5.94. The van der Waals surface area contributed by atoms with E-state index in [1.807, 2.05) is 30.5 Å². The molecule has 4 rings (SSSR count). The van der Waals surface area contributed by atoms with Crippen LogP contribution in [0.4, 0.5) is 5.82 Å². The smallest absolute Gasteiger partial charge is 0.251 e. The number of nitrogens with zero attached hydrogens (tertiary/aromatic N) is 3. The van der Waals surface area contributed by atoms with Gasteiger partial charge in [-0.1, -0.05) is 49.4 Å². The lowest BCUT2D eigenvalue weighted by Crippen LogP contribution is -2.31. The van der Waals surface area contributed by atoms with E-state index in [1.54, 1.807) is 0 Å². The predicted molar refractivity (Wildman–Crippen MR) is 134 cm³/mol. The molecule has 0 aliphatic carbocycles. The number of carbonyl (C=O) groups is 1. The maximum absolute atomic E-state index is 12.6. The van der Waals surface area contributed by atoms with E-state index < -0.39 is 0 Å². The summed E-state index contributed by atoms with van der Waals surface area (Å²) in [4.78, 5) is 22.0. The molecule has 1 N–H and O–H groups in total. The lowest BCUT2D eigenvalue weighted by molar-refractivity contribution is 0.0951. The van der Waals surface area contributed by atoms with Crippen LogP contribution in [0.5, 0.6) is 0 Å². The second kappa shape index (κ2) is 10.6. The van der Waals surface area contributed by atoms with Crippen LogP contribution in [-0.4, -0.2) is 34.9 Å². The third-order valence-corrected chi connectivity index (χ3v) is 6.46. The van der Waals surface area contributed by atoms with E-state index in [0.717, 1.165) is 44.0 Å². The van der Waals surface area contributed by atoms with Crippen molar-refractivity contribution in [2.45, 2.75) is 52.9 Å². The van der Waals surface area contributed by atoms with Crippen molar-refractivity contribution in [2.75, 3.05) is 18.0 Å². The first-order chi connectivity index (χ1) is 16.0. The molecule has 1 amide bonds. The monoisotopic (exact) mass is 442 g/mol. The van der Waals surface area contributed by atoms with Crippen molar-refractivity contribution in [2.24, 2.45) is 0 Å². The van der Waals surface area contributed by atoms with Gasteiger partial charge in [0, 0.05) is 44.0 Å². The fraction of sp³-hybridized carbons (Fsp3) is 0.357. The van der Waals surface area contributed by atoms with E-state index in [2.05, 4.69) is 77.3 Å². The number of nitrogens with one attached hydrogen (secondary N) is 1. The molecule has 33 heavy (non-hydrogen) atoms. The van der Waals surface area contributed by atoms with Crippen molar-refractivity contribution in [3.63, 3.8) is 0 Å². The number of anilines is 1. The van der Waals surface area contributed by atoms with Gasteiger partial charge in [0.25, 0.3) is 5.91 Å². The van der Waals surface area contributed by atoms with Crippen molar-refractivity contribution in [3.8, 4) is 0 Å². The van der Waals surface area contributed by atoms with Gasteiger partial charge in [0.05, 0.1) is 0 Å². The number of aromatic nitrogens is 1. The Balaban J connectivity index is 1.30. The molecule has 3 aromatic rings. The molecule has 0 spiro atoms. The van der Waals surface area contributed by atoms with Crippen LogP contribution in [0.2, 0.25) is 0 Å². The maximum atomic E-state index is 12.6. The van der Waals surface area contributed by atoms with Gasteiger partial charge < -0.3 is 10.2 Å². The Bertz CT molecular complexity index is 1060. The van der Waals surface area contributed by atoms with E-state index in [1.165, 1.54) is 16.7 Å². The molecule has 1 aliphatic heterocycles. The zero-order valence-corrected chi connectivity index (χ0v) is 19.9. The third kappa shape index (κ3) is 5.79. The van der Waals surface area contributed by atoms with Crippen LogP contribution in [0.25, 0.3) is 0 Å². The zero-order chi connectivity index (χ0) is 23.2. The van der Waals surface area contributed by atoms with Gasteiger partial charge in [0.1, 0.15) is 5.82 Å². The lowest BCUT2D eigenvalue weighted by Gasteiger charge is -2.29. The molecule has 0 bridgehead atoms. The average molecular weight is 443 g/mol. The summed E-state index contributed by atoms with van der Waals surface area (Å²) in [6, 6.07) is 21.1. The Morgan fingerprint density at radius 1 is 1.03 bits per heavy atom. The first kappa shape index (κ1) is 23.0. The van der Waals surface area contributed by atoms with E-state index in [0.29, 0.717) is 18.2 Å². The number of rotatable bonds is 8. The van der Waals surface area contributed by atoms with Crippen LogP contribution in [0, 0.1) is 0 Å². The molecule has 172 valence electrons. The molecular formula is C28H34N4O. The Kier molecular flexibility index (Phi) is 7.40. The first-order valence-corrected chi connectivity index (χ1v) is 11.9. The Morgan fingerprint density at radius 3 is 2.42 bits per heavy atom. The van der Waals surface area contributed by atoms with Crippen LogP contribution in [0.3, 0.4) is 0 Å². The Morgan fingerprint density at radius 2 is 1.76 bits per heavy atom. The fourth-order valence-electron chi connectivity index (χ4n) is 4.34. The van der Waals surface area contributed by atoms with Crippen molar-refractivity contribution >= 4 is 11.7 Å². The van der Waals surface area contributed by atoms with Crippen LogP contribution in [0.15, 0.2) is 66.9 Å². The van der Waals surface area contributed by atoms with Gasteiger partial charge in [0.15, 0.2) is 0 Å². The second-order valence-corrected chi connectivity index (χ2v) is 9.00. The first-order valence-electron chi connectivity index (χ1n) is 11.9. The maximum Gasteiger partial charge on any atom is 0.251 e. The SMILES string of the molecule is CCN(Cc1ccc(C(=O)NCc2ccc(N3CCc4ccccc4C3)nc2)cc1)C(C)C. The number of amides is 1. The number of carbonyl (C=O) groups excluding carboxylic acids is 1. The van der Waals surface area contributed by atoms with E-state index >= 15 is 0 Å². The van der Waals surface area contributed by atoms with E-state index in [9.17, 15) is 4.79 Å². The number of hydrogen-bond acceptors (Lipinski definition) is 4. The summed E-state index contributed by atoms with van der Waals surface area (Å²) in [5.74, 6) is 0.923. The molecule has 0 saturated carbocycles. The summed E-state index contributed by atoms with van der Waals surface area (Å²) in [6.45, 7) is 10.8. The van der Waals surface area contributed by atoms with Crippen molar-refractivity contribution in [3.05, 3.63) is 94.7 Å². The summed E-state index contributed by atoms with van der Waals surface area (Å²) in [5, 5.41) is 3.01. The normalized spacial score (nSPS) is 13.3. The lowest BCUT2D eigenvalue weighted by atomic mass is 10.00. The van der Waals surface area contributed by atoms with Crippen molar-refractivity contribution in [1.29, 1.82) is 0 Å². The van der Waals surface area contributed by atoms with Gasteiger partial charge in [-0.15, -0.1) is 0 Å². The van der Waals surface area contributed by atoms with Crippen LogP contribution in [0.1, 0.15) is 53.4 Å². The van der Waals surface area contributed by atoms with Gasteiger partial charge in [-0.05, 0) is 67.3 Å². The number of fused-ring (bicyclic) bond motifs is 1. The molecule has 5 heteroatoms. The Hall–Kier alpha value is -3.18. The minimum Gasteiger partial charge on any atom is -0.352 e. The van der Waals surface area contributed by atoms with Crippen molar-refractivity contribution < 1.29 is 4.79 Å². The summed E-state index contributed by atoms with van der Waals surface area (Å²) >= 11 is 0. The number of hydrogen-bond donors (Lipinski definition) is 1. The third-order valence-electron chi connectivity index (χ3n) is 6.46. The average Bonchev–Trinajstić information content (AvgIpc) is 2.86. The minimum absolute atomic E-state index is 0.0607. The minimum atomic E-state index is -0.0607. The van der Waals surface area contributed by atoms with Crippen LogP contribution in [-0.2, 0) is 26.1 Å². The molecular weight excluding hydrogens is 408 g/mol. The molecule has 1 aromatic heterocycles. The molecule has 2 heterocycles. The largest absolute Gasteiger partial charge is 0.352 e. The van der Waals surface area contributed by atoms with Crippen LogP contribution >= 0.6 is 0 Å². The summed E-state index contributed by atoms with van der Waals surface area (Å²) in [5.41, 5.74) is 5.71. The van der Waals surface area contributed by atoms with Gasteiger partial charge in [-0.3, -0.25) is 9.69 Å². The summed E-state index contributed by atoms with van der Waals surface area (Å²) < 4.78 is 0. The van der Waals surface area contributed by atoms with Gasteiger partial charge in [-0.2, -0.15) is 0 Å². The van der Waals surface area contributed by atoms with Gasteiger partial charge in [-0.25, -0.2) is 4.98 Å². The van der Waals surface area contributed by atoms with Gasteiger partial charge >= 0.3 is 0 Å². The highest BCUT2D eigenvalue weighted by Gasteiger charge is 2.17. The molecule has 0 atom stereocenters. The standard InChI is InChI=1S/C28H34N4O/c1-4-31(21(2)3)19-22-9-12-25(13-10-22)28(33)30-18-23-11-14-27(29-17-23)32-16-15-24-7-5-6-8-26(24)20-32/h5-14,17,21H,4,15-16,18-20H2,1-3H3,(H,30,33). The highest BCUT2D eigenvalue weighted by atomic mass is 16.1. The molecule has 0 unspecified atom stereocenters. The van der Waals surface area contributed by atoms with Crippen LogP contribution < -0.4 is 10.2 Å². The summed E-state index contributed by atoms with van der Waals surface area (Å²) in [7, 11) is 0. The topological polar surface area (TPSA) is 48.5 Å². The molecule has 5 nitrogen and oxygen atoms in total. The Labute approximate surface area is 197 Å².